The number of carbonyl (C=O) groups excluding carboxylic acids is 1. The second kappa shape index (κ2) is 8.86. The van der Waals surface area contributed by atoms with Crippen LogP contribution >= 0.6 is 0 Å². The summed E-state index contributed by atoms with van der Waals surface area (Å²) in [7, 11) is -2.58. The second-order valence-electron chi connectivity index (χ2n) is 6.09. The standard InChI is InChI=1S/C18H20FN3O6S/c1-4-16(21(29(3,26)27)13-7-5-12(19)6-8-13)18(23)20-15-11-14(22(24)25)9-10-17(15)28-2/h5-11,16H,4H2,1-3H3,(H,20,23)/t16-/m1/s1. The summed E-state index contributed by atoms with van der Waals surface area (Å²) in [5.74, 6) is -1.10. The molecule has 0 saturated heterocycles. The highest BCUT2D eigenvalue weighted by molar-refractivity contribution is 7.92. The summed E-state index contributed by atoms with van der Waals surface area (Å²) in [4.78, 5) is 23.3. The van der Waals surface area contributed by atoms with E-state index in [0.717, 1.165) is 28.8 Å². The van der Waals surface area contributed by atoms with Crippen LogP contribution in [0.1, 0.15) is 13.3 Å². The predicted molar refractivity (Wildman–Crippen MR) is 106 cm³/mol. The van der Waals surface area contributed by atoms with E-state index >= 15 is 0 Å². The molecule has 0 saturated carbocycles. The lowest BCUT2D eigenvalue weighted by molar-refractivity contribution is -0.384. The third-order valence-electron chi connectivity index (χ3n) is 4.06. The predicted octanol–water partition coefficient (Wildman–Crippen LogP) is 2.93. The van der Waals surface area contributed by atoms with Crippen LogP contribution in [0.5, 0.6) is 5.75 Å². The van der Waals surface area contributed by atoms with E-state index in [9.17, 15) is 27.7 Å². The van der Waals surface area contributed by atoms with Crippen LogP contribution in [0, 0.1) is 15.9 Å². The molecule has 2 aromatic carbocycles. The number of nitro benzene ring substituents is 1. The maximum Gasteiger partial charge on any atom is 0.271 e. The van der Waals surface area contributed by atoms with Crippen LogP contribution in [0.25, 0.3) is 0 Å². The van der Waals surface area contributed by atoms with Crippen molar-refractivity contribution in [1.29, 1.82) is 0 Å². The molecular weight excluding hydrogens is 405 g/mol. The Morgan fingerprint density at radius 1 is 1.28 bits per heavy atom. The van der Waals surface area contributed by atoms with Gasteiger partial charge in [0.05, 0.1) is 29.7 Å². The monoisotopic (exact) mass is 425 g/mol. The third-order valence-corrected chi connectivity index (χ3v) is 5.24. The first-order chi connectivity index (χ1) is 13.6. The molecule has 0 unspecified atom stereocenters. The van der Waals surface area contributed by atoms with Crippen molar-refractivity contribution in [1.82, 2.24) is 0 Å². The van der Waals surface area contributed by atoms with Gasteiger partial charge in [-0.25, -0.2) is 12.8 Å². The van der Waals surface area contributed by atoms with Gasteiger partial charge in [0.2, 0.25) is 15.9 Å². The summed E-state index contributed by atoms with van der Waals surface area (Å²) in [6, 6.07) is 7.14. The van der Waals surface area contributed by atoms with Crippen LogP contribution in [-0.2, 0) is 14.8 Å². The Hall–Kier alpha value is -3.21. The van der Waals surface area contributed by atoms with E-state index in [1.165, 1.54) is 31.4 Å². The number of halogens is 1. The van der Waals surface area contributed by atoms with E-state index in [0.29, 0.717) is 0 Å². The Labute approximate surface area is 167 Å². The number of methoxy groups -OCH3 is 1. The van der Waals surface area contributed by atoms with Crippen molar-refractivity contribution in [2.24, 2.45) is 0 Å². The first kappa shape index (κ1) is 22.1. The van der Waals surface area contributed by atoms with Crippen molar-refractivity contribution in [2.45, 2.75) is 19.4 Å². The van der Waals surface area contributed by atoms with Crippen molar-refractivity contribution in [3.05, 3.63) is 58.4 Å². The topological polar surface area (TPSA) is 119 Å². The number of non-ortho nitro benzene ring substituents is 1. The third kappa shape index (κ3) is 5.19. The maximum atomic E-state index is 13.2. The van der Waals surface area contributed by atoms with Crippen LogP contribution in [0.3, 0.4) is 0 Å². The molecule has 0 spiro atoms. The minimum Gasteiger partial charge on any atom is -0.495 e. The molecule has 0 bridgehead atoms. The molecule has 1 amide bonds. The minimum atomic E-state index is -3.91. The molecule has 0 aliphatic rings. The lowest BCUT2D eigenvalue weighted by Crippen LogP contribution is -2.47. The van der Waals surface area contributed by atoms with Crippen molar-refractivity contribution in [3.8, 4) is 5.75 Å². The number of carbonyl (C=O) groups is 1. The Morgan fingerprint density at radius 3 is 2.38 bits per heavy atom. The van der Waals surface area contributed by atoms with Crippen molar-refractivity contribution in [2.75, 3.05) is 23.0 Å². The fourth-order valence-corrected chi connectivity index (χ4v) is 3.98. The van der Waals surface area contributed by atoms with Crippen LogP contribution in [0.15, 0.2) is 42.5 Å². The zero-order valence-corrected chi connectivity index (χ0v) is 16.8. The lowest BCUT2D eigenvalue weighted by Gasteiger charge is -2.30. The molecule has 156 valence electrons. The van der Waals surface area contributed by atoms with Gasteiger partial charge in [0.15, 0.2) is 0 Å². The van der Waals surface area contributed by atoms with Crippen LogP contribution in [0.4, 0.5) is 21.5 Å². The zero-order chi connectivity index (χ0) is 21.8. The number of amides is 1. The van der Waals surface area contributed by atoms with Gasteiger partial charge in [-0.1, -0.05) is 6.92 Å². The van der Waals surface area contributed by atoms with Crippen molar-refractivity contribution >= 4 is 33.0 Å². The van der Waals surface area contributed by atoms with Crippen molar-refractivity contribution in [3.63, 3.8) is 0 Å². The molecule has 0 aromatic heterocycles. The fraction of sp³-hybridized carbons (Fsp3) is 0.278. The summed E-state index contributed by atoms with van der Waals surface area (Å²) in [5.41, 5.74) is -0.132. The summed E-state index contributed by atoms with van der Waals surface area (Å²) in [5, 5.41) is 13.5. The molecule has 0 fully saturated rings. The molecule has 2 aromatic rings. The first-order valence-corrected chi connectivity index (χ1v) is 10.3. The highest BCUT2D eigenvalue weighted by Crippen LogP contribution is 2.30. The Kier molecular flexibility index (Phi) is 6.75. The molecule has 1 N–H and O–H groups in total. The number of benzene rings is 2. The van der Waals surface area contributed by atoms with Crippen LogP contribution in [0.2, 0.25) is 0 Å². The molecule has 9 nitrogen and oxygen atoms in total. The van der Waals surface area contributed by atoms with Gasteiger partial charge in [0.25, 0.3) is 5.69 Å². The maximum absolute atomic E-state index is 13.2. The molecular formula is C18H20FN3O6S. The molecule has 0 aliphatic carbocycles. The van der Waals surface area contributed by atoms with Gasteiger partial charge in [-0.2, -0.15) is 0 Å². The number of hydrogen-bond acceptors (Lipinski definition) is 6. The number of nitrogens with zero attached hydrogens (tertiary/aromatic N) is 2. The Bertz CT molecular complexity index is 1010. The average Bonchev–Trinajstić information content (AvgIpc) is 2.65. The largest absolute Gasteiger partial charge is 0.495 e. The minimum absolute atomic E-state index is 0.0257. The number of hydrogen-bond donors (Lipinski definition) is 1. The van der Waals surface area contributed by atoms with Gasteiger partial charge in [-0.3, -0.25) is 19.2 Å². The van der Waals surface area contributed by atoms with Gasteiger partial charge in [0.1, 0.15) is 17.6 Å². The van der Waals surface area contributed by atoms with Crippen molar-refractivity contribution < 1.29 is 27.3 Å². The van der Waals surface area contributed by atoms with Gasteiger partial charge in [0, 0.05) is 12.1 Å². The summed E-state index contributed by atoms with van der Waals surface area (Å²) < 4.78 is 44.0. The van der Waals surface area contributed by atoms with E-state index in [1.807, 2.05) is 0 Å². The summed E-state index contributed by atoms with van der Waals surface area (Å²) >= 11 is 0. The Morgan fingerprint density at radius 2 is 1.90 bits per heavy atom. The second-order valence-corrected chi connectivity index (χ2v) is 7.95. The van der Waals surface area contributed by atoms with Crippen LogP contribution in [-0.4, -0.2) is 38.7 Å². The SMILES string of the molecule is CC[C@H](C(=O)Nc1cc([N+](=O)[O-])ccc1OC)N(c1ccc(F)cc1)S(C)(=O)=O. The number of sulfonamides is 1. The summed E-state index contributed by atoms with van der Waals surface area (Å²) in [6.07, 6.45) is 1.02. The van der Waals surface area contributed by atoms with E-state index in [4.69, 9.17) is 4.74 Å². The van der Waals surface area contributed by atoms with Gasteiger partial charge >= 0.3 is 0 Å². The van der Waals surface area contributed by atoms with Gasteiger partial charge in [-0.05, 0) is 36.8 Å². The van der Waals surface area contributed by atoms with Gasteiger partial charge < -0.3 is 10.1 Å². The fourth-order valence-electron chi connectivity index (χ4n) is 2.77. The first-order valence-electron chi connectivity index (χ1n) is 8.46. The molecule has 29 heavy (non-hydrogen) atoms. The molecule has 0 aliphatic heterocycles. The molecule has 2 rings (SSSR count). The van der Waals surface area contributed by atoms with E-state index in [2.05, 4.69) is 5.32 Å². The quantitative estimate of drug-likeness (QED) is 0.513. The van der Waals surface area contributed by atoms with E-state index in [1.54, 1.807) is 6.92 Å². The number of rotatable bonds is 8. The van der Waals surface area contributed by atoms with E-state index < -0.39 is 32.7 Å². The Balaban J connectivity index is 2.44. The van der Waals surface area contributed by atoms with Crippen LogP contribution < -0.4 is 14.4 Å². The highest BCUT2D eigenvalue weighted by atomic mass is 32.2. The smallest absolute Gasteiger partial charge is 0.271 e. The number of anilines is 2. The van der Waals surface area contributed by atoms with Gasteiger partial charge in [-0.15, -0.1) is 0 Å². The molecule has 1 atom stereocenters. The molecule has 0 radical (unpaired) electrons. The highest BCUT2D eigenvalue weighted by Gasteiger charge is 2.32. The normalized spacial score (nSPS) is 12.1. The number of nitro groups is 1. The average molecular weight is 425 g/mol. The molecule has 0 heterocycles. The lowest BCUT2D eigenvalue weighted by atomic mass is 10.1. The van der Waals surface area contributed by atoms with E-state index in [-0.39, 0.29) is 29.2 Å². The summed E-state index contributed by atoms with van der Waals surface area (Å²) in [6.45, 7) is 1.61. The zero-order valence-electron chi connectivity index (χ0n) is 16.0. The number of ether oxygens (including phenoxy) is 1. The molecule has 11 heteroatoms. The number of nitrogens with one attached hydrogen (secondary N) is 1.